The molecule has 0 saturated carbocycles. The van der Waals surface area contributed by atoms with E-state index in [9.17, 15) is 43.2 Å². The van der Waals surface area contributed by atoms with Crippen LogP contribution in [0.15, 0.2) is 85.1 Å². The number of carbonyl (C=O) groups is 4. The number of allylic oxidation sites excluding steroid dienone is 14. The van der Waals surface area contributed by atoms with Crippen LogP contribution in [0.2, 0.25) is 0 Å². The number of unbranched alkanes of at least 4 members (excludes halogenated alkanes) is 37. The second-order valence-electron chi connectivity index (χ2n) is 27.3. The van der Waals surface area contributed by atoms with Gasteiger partial charge in [-0.3, -0.25) is 37.3 Å². The van der Waals surface area contributed by atoms with Gasteiger partial charge < -0.3 is 33.8 Å². The molecule has 0 radical (unpaired) electrons. The van der Waals surface area contributed by atoms with Gasteiger partial charge in [0.05, 0.1) is 26.4 Å². The van der Waals surface area contributed by atoms with Crippen molar-refractivity contribution in [3.63, 3.8) is 0 Å². The summed E-state index contributed by atoms with van der Waals surface area (Å²) in [4.78, 5) is 73.1. The van der Waals surface area contributed by atoms with E-state index < -0.39 is 97.5 Å². The zero-order valence-electron chi connectivity index (χ0n) is 64.8. The second-order valence-corrected chi connectivity index (χ2v) is 30.2. The zero-order valence-corrected chi connectivity index (χ0v) is 66.6. The Morgan fingerprint density at radius 3 is 0.784 bits per heavy atom. The number of rotatable bonds is 77. The maximum atomic E-state index is 13.1. The Morgan fingerprint density at radius 1 is 0.284 bits per heavy atom. The molecule has 0 aromatic heterocycles. The highest BCUT2D eigenvalue weighted by Gasteiger charge is 2.30. The highest BCUT2D eigenvalue weighted by molar-refractivity contribution is 7.47. The number of hydrogen-bond acceptors (Lipinski definition) is 15. The van der Waals surface area contributed by atoms with Crippen LogP contribution < -0.4 is 0 Å². The van der Waals surface area contributed by atoms with Crippen molar-refractivity contribution in [2.75, 3.05) is 39.6 Å². The van der Waals surface area contributed by atoms with Crippen molar-refractivity contribution in [1.82, 2.24) is 0 Å². The molecule has 5 unspecified atom stereocenters. The molecule has 0 aliphatic heterocycles. The molecule has 0 rings (SSSR count). The average Bonchev–Trinajstić information content (AvgIpc) is 0.924. The van der Waals surface area contributed by atoms with Crippen molar-refractivity contribution in [2.45, 2.75) is 380 Å². The minimum atomic E-state index is -4.98. The molecule has 0 heterocycles. The lowest BCUT2D eigenvalue weighted by molar-refractivity contribution is -0.161. The summed E-state index contributed by atoms with van der Waals surface area (Å²) in [5.41, 5.74) is 0. The molecule has 19 heteroatoms. The van der Waals surface area contributed by atoms with Crippen LogP contribution in [0.5, 0.6) is 0 Å². The molecule has 592 valence electrons. The average molecular weight is 1480 g/mol. The number of carbonyl (C=O) groups excluding carboxylic acids is 4. The molecule has 0 amide bonds. The number of phosphoric ester groups is 2. The van der Waals surface area contributed by atoms with E-state index in [0.29, 0.717) is 25.7 Å². The van der Waals surface area contributed by atoms with Gasteiger partial charge in [0, 0.05) is 25.7 Å². The van der Waals surface area contributed by atoms with Crippen molar-refractivity contribution in [3.8, 4) is 0 Å². The summed E-state index contributed by atoms with van der Waals surface area (Å²) in [7, 11) is -9.95. The minimum absolute atomic E-state index is 0.0958. The number of hydrogen-bond donors (Lipinski definition) is 3. The van der Waals surface area contributed by atoms with E-state index in [1.807, 2.05) is 0 Å². The van der Waals surface area contributed by atoms with Gasteiger partial charge in [-0.05, 0) is 96.3 Å². The van der Waals surface area contributed by atoms with Crippen LogP contribution in [0.3, 0.4) is 0 Å². The van der Waals surface area contributed by atoms with Gasteiger partial charge in [-0.2, -0.15) is 0 Å². The van der Waals surface area contributed by atoms with Crippen LogP contribution in [0.4, 0.5) is 0 Å². The number of esters is 4. The van der Waals surface area contributed by atoms with Crippen LogP contribution in [0.25, 0.3) is 0 Å². The summed E-state index contributed by atoms with van der Waals surface area (Å²) in [6, 6.07) is 0. The third-order valence-corrected chi connectivity index (χ3v) is 19.3. The monoisotopic (exact) mass is 1480 g/mol. The minimum Gasteiger partial charge on any atom is -0.462 e. The smallest absolute Gasteiger partial charge is 0.462 e. The molecule has 0 aliphatic carbocycles. The number of phosphoric acid groups is 2. The molecule has 17 nitrogen and oxygen atoms in total. The fourth-order valence-electron chi connectivity index (χ4n) is 11.2. The molecule has 0 aromatic carbocycles. The summed E-state index contributed by atoms with van der Waals surface area (Å²) in [5, 5.41) is 10.6. The van der Waals surface area contributed by atoms with Crippen LogP contribution in [-0.4, -0.2) is 96.7 Å². The predicted octanol–water partition coefficient (Wildman–Crippen LogP) is 23.8. The fourth-order valence-corrected chi connectivity index (χ4v) is 12.8. The highest BCUT2D eigenvalue weighted by Crippen LogP contribution is 2.45. The Morgan fingerprint density at radius 2 is 0.510 bits per heavy atom. The van der Waals surface area contributed by atoms with Gasteiger partial charge in [0.25, 0.3) is 0 Å². The van der Waals surface area contributed by atoms with Crippen LogP contribution in [0.1, 0.15) is 362 Å². The van der Waals surface area contributed by atoms with E-state index >= 15 is 0 Å². The normalized spacial score (nSPS) is 14.3. The first kappa shape index (κ1) is 98.2. The van der Waals surface area contributed by atoms with E-state index in [1.165, 1.54) is 116 Å². The molecular weight excluding hydrogens is 1330 g/mol. The Kier molecular flexibility index (Phi) is 72.7. The lowest BCUT2D eigenvalue weighted by Gasteiger charge is -2.21. The van der Waals surface area contributed by atoms with Crippen molar-refractivity contribution in [3.05, 3.63) is 85.1 Å². The van der Waals surface area contributed by atoms with Gasteiger partial charge in [0.1, 0.15) is 19.3 Å². The lowest BCUT2D eigenvalue weighted by atomic mass is 10.0. The SMILES string of the molecule is CC/C=C\C/C=C\C/C=C\C/C=C\CCCCCCCCC(=O)OCC(COP(=O)(O)OCC(O)COP(=O)(O)OCC(COC(=O)CCCCCCC/C=C\C/C=C\C/C=C\CC)OC(=O)CCCCCCCCCCCCCCC)OC(=O)CCCCCCCCCCCCCCCCC. The summed E-state index contributed by atoms with van der Waals surface area (Å²) in [6.07, 6.45) is 78.4. The van der Waals surface area contributed by atoms with Gasteiger partial charge >= 0.3 is 39.5 Å². The standard InChI is InChI=1S/C83H148O17P2/c1-5-9-13-17-21-25-29-33-36-37-38-39-42-45-48-52-56-60-64-68-81(86)94-74-79(100-83(88)70-66-62-58-54-50-46-41-35-31-27-23-19-15-11-7-3)76-98-102(91,92)96-72-77(84)71-95-101(89,90)97-75-78(99-82(87)69-65-61-57-53-49-43-32-28-24-20-16-12-8-4)73-93-80(85)67-63-59-55-51-47-44-40-34-30-26-22-18-14-10-6-2/h9-10,13-14,21-22,25-26,33-34,36,38-40,77-79,84H,5-8,11-12,15-20,23-24,27-32,35,37,41-76H2,1-4H3,(H,89,90)(H,91,92)/b13-9-,14-10-,25-21-,26-22-,36-33-,39-38-,40-34-. The Labute approximate surface area is 621 Å². The molecule has 102 heavy (non-hydrogen) atoms. The molecule has 3 N–H and O–H groups in total. The molecular formula is C83H148O17P2. The van der Waals surface area contributed by atoms with Crippen LogP contribution >= 0.6 is 15.6 Å². The molecule has 0 spiro atoms. The second kappa shape index (κ2) is 75.5. The number of aliphatic hydroxyl groups excluding tert-OH is 1. The molecule has 0 saturated heterocycles. The predicted molar refractivity (Wildman–Crippen MR) is 418 cm³/mol. The van der Waals surface area contributed by atoms with E-state index in [1.54, 1.807) is 0 Å². The number of ether oxygens (including phenoxy) is 4. The third-order valence-electron chi connectivity index (χ3n) is 17.4. The van der Waals surface area contributed by atoms with Crippen molar-refractivity contribution >= 4 is 39.5 Å². The Hall–Kier alpha value is -3.76. The summed E-state index contributed by atoms with van der Waals surface area (Å²) in [5.74, 6) is -2.18. The quantitative estimate of drug-likeness (QED) is 0.0169. The van der Waals surface area contributed by atoms with Crippen molar-refractivity contribution < 1.29 is 80.2 Å². The van der Waals surface area contributed by atoms with Crippen molar-refractivity contribution in [1.29, 1.82) is 0 Å². The van der Waals surface area contributed by atoms with E-state index in [4.69, 9.17) is 37.0 Å². The largest absolute Gasteiger partial charge is 0.472 e. The van der Waals surface area contributed by atoms with Crippen LogP contribution in [0, 0.1) is 0 Å². The van der Waals surface area contributed by atoms with Gasteiger partial charge in [-0.1, -0.05) is 325 Å². The van der Waals surface area contributed by atoms with E-state index in [-0.39, 0.29) is 25.7 Å². The first-order valence-electron chi connectivity index (χ1n) is 40.8. The van der Waals surface area contributed by atoms with Gasteiger partial charge in [-0.15, -0.1) is 0 Å². The first-order valence-corrected chi connectivity index (χ1v) is 43.8. The third kappa shape index (κ3) is 74.5. The molecule has 0 aliphatic rings. The number of aliphatic hydroxyl groups is 1. The van der Waals surface area contributed by atoms with Gasteiger partial charge in [0.2, 0.25) is 0 Å². The van der Waals surface area contributed by atoms with Gasteiger partial charge in [0.15, 0.2) is 12.2 Å². The molecule has 0 bridgehead atoms. The summed E-state index contributed by atoms with van der Waals surface area (Å²) < 4.78 is 68.7. The summed E-state index contributed by atoms with van der Waals surface area (Å²) >= 11 is 0. The zero-order chi connectivity index (χ0) is 74.6. The Balaban J connectivity index is 5.33. The van der Waals surface area contributed by atoms with Gasteiger partial charge in [-0.25, -0.2) is 9.13 Å². The van der Waals surface area contributed by atoms with Crippen LogP contribution in [-0.2, 0) is 65.4 Å². The highest BCUT2D eigenvalue weighted by atomic mass is 31.2. The topological polar surface area (TPSA) is 237 Å². The molecule has 0 fully saturated rings. The molecule has 0 aromatic rings. The Bertz CT molecular complexity index is 2260. The van der Waals surface area contributed by atoms with E-state index in [0.717, 1.165) is 167 Å². The van der Waals surface area contributed by atoms with E-state index in [2.05, 4.69) is 113 Å². The van der Waals surface area contributed by atoms with Crippen molar-refractivity contribution in [2.24, 2.45) is 0 Å². The lowest BCUT2D eigenvalue weighted by Crippen LogP contribution is -2.30. The molecule has 5 atom stereocenters. The summed E-state index contributed by atoms with van der Waals surface area (Å²) in [6.45, 7) is 4.69. The maximum Gasteiger partial charge on any atom is 0.472 e. The fraction of sp³-hybridized carbons (Fsp3) is 0.783. The first-order chi connectivity index (χ1) is 49.7. The maximum absolute atomic E-state index is 13.1.